The molecule has 0 saturated heterocycles. The van der Waals surface area contributed by atoms with Gasteiger partial charge in [0.15, 0.2) is 5.78 Å². The van der Waals surface area contributed by atoms with Crippen LogP contribution in [0.2, 0.25) is 5.02 Å². The third-order valence-corrected chi connectivity index (χ3v) is 3.23. The molecule has 0 bridgehead atoms. The lowest BCUT2D eigenvalue weighted by molar-refractivity contribution is -0.150. The molecule has 1 aliphatic rings. The van der Waals surface area contributed by atoms with Crippen molar-refractivity contribution in [2.45, 2.75) is 32.8 Å². The minimum Gasteiger partial charge on any atom is -0.462 e. The number of rotatable bonds is 2. The Labute approximate surface area is 111 Å². The Hall–Kier alpha value is -1.35. The highest BCUT2D eigenvalue weighted by Crippen LogP contribution is 2.28. The van der Waals surface area contributed by atoms with Crippen LogP contribution in [-0.2, 0) is 16.0 Å². The van der Waals surface area contributed by atoms with Crippen LogP contribution in [0.3, 0.4) is 0 Å². The number of fused-ring (bicyclic) bond motifs is 1. The number of hydrogen-bond acceptors (Lipinski definition) is 3. The Morgan fingerprint density at radius 1 is 1.44 bits per heavy atom. The number of benzene rings is 1. The van der Waals surface area contributed by atoms with Crippen LogP contribution < -0.4 is 0 Å². The molecule has 0 aliphatic heterocycles. The molecule has 18 heavy (non-hydrogen) atoms. The van der Waals surface area contributed by atoms with E-state index < -0.39 is 11.9 Å². The van der Waals surface area contributed by atoms with Gasteiger partial charge in [-0.25, -0.2) is 0 Å². The quantitative estimate of drug-likeness (QED) is 0.610. The Balaban J connectivity index is 2.25. The van der Waals surface area contributed by atoms with Gasteiger partial charge in [0, 0.05) is 10.6 Å². The first-order valence-electron chi connectivity index (χ1n) is 6.02. The van der Waals surface area contributed by atoms with Gasteiger partial charge in [-0.15, -0.1) is 0 Å². The fraction of sp³-hybridized carbons (Fsp3) is 0.429. The molecule has 0 N–H and O–H groups in total. The monoisotopic (exact) mass is 266 g/mol. The average Bonchev–Trinajstić information content (AvgIpc) is 2.29. The standard InChI is InChI=1S/C14H15ClO3/c1-8(2)18-14(17)11-6-4-9-3-5-10(15)7-12(9)13(11)16/h3,5,7-8,11H,4,6H2,1-2H3. The Morgan fingerprint density at radius 2 is 2.17 bits per heavy atom. The van der Waals surface area contributed by atoms with E-state index in [2.05, 4.69) is 0 Å². The second-order valence-corrected chi connectivity index (χ2v) is 5.18. The number of carbonyl (C=O) groups is 2. The van der Waals surface area contributed by atoms with Crippen molar-refractivity contribution < 1.29 is 14.3 Å². The van der Waals surface area contributed by atoms with Crippen LogP contribution in [0.4, 0.5) is 0 Å². The second-order valence-electron chi connectivity index (χ2n) is 4.74. The molecule has 96 valence electrons. The number of ether oxygens (including phenoxy) is 1. The van der Waals surface area contributed by atoms with Crippen molar-refractivity contribution in [3.63, 3.8) is 0 Å². The van der Waals surface area contributed by atoms with Gasteiger partial charge in [0.05, 0.1) is 6.10 Å². The third kappa shape index (κ3) is 2.56. The highest BCUT2D eigenvalue weighted by atomic mass is 35.5. The van der Waals surface area contributed by atoms with Crippen LogP contribution in [-0.4, -0.2) is 17.9 Å². The van der Waals surface area contributed by atoms with Crippen LogP contribution in [0, 0.1) is 5.92 Å². The molecule has 1 aliphatic carbocycles. The third-order valence-electron chi connectivity index (χ3n) is 2.99. The minimum atomic E-state index is -0.682. The summed E-state index contributed by atoms with van der Waals surface area (Å²) in [6, 6.07) is 5.24. The summed E-state index contributed by atoms with van der Waals surface area (Å²) in [5.41, 5.74) is 1.51. The minimum absolute atomic E-state index is 0.176. The highest BCUT2D eigenvalue weighted by Gasteiger charge is 2.34. The molecule has 1 aromatic carbocycles. The Morgan fingerprint density at radius 3 is 2.83 bits per heavy atom. The van der Waals surface area contributed by atoms with E-state index in [1.165, 1.54) is 0 Å². The van der Waals surface area contributed by atoms with Crippen molar-refractivity contribution >= 4 is 23.4 Å². The van der Waals surface area contributed by atoms with Crippen LogP contribution in [0.1, 0.15) is 36.2 Å². The topological polar surface area (TPSA) is 43.4 Å². The zero-order chi connectivity index (χ0) is 13.3. The number of hydrogen-bond donors (Lipinski definition) is 0. The maximum absolute atomic E-state index is 12.2. The van der Waals surface area contributed by atoms with Crippen LogP contribution in [0.15, 0.2) is 18.2 Å². The molecule has 0 amide bonds. The Bertz CT molecular complexity index is 494. The van der Waals surface area contributed by atoms with Crippen molar-refractivity contribution in [2.75, 3.05) is 0 Å². The number of Topliss-reactive ketones (excluding diaryl/α,β-unsaturated/α-hetero) is 1. The molecule has 1 unspecified atom stereocenters. The normalized spacial score (nSPS) is 18.7. The number of carbonyl (C=O) groups excluding carboxylic acids is 2. The maximum atomic E-state index is 12.2. The number of ketones is 1. The maximum Gasteiger partial charge on any atom is 0.317 e. The van der Waals surface area contributed by atoms with Crippen molar-refractivity contribution in [1.82, 2.24) is 0 Å². The zero-order valence-electron chi connectivity index (χ0n) is 10.4. The largest absolute Gasteiger partial charge is 0.462 e. The SMILES string of the molecule is CC(C)OC(=O)C1CCc2ccc(Cl)cc2C1=O. The molecule has 0 saturated carbocycles. The molecular formula is C14H15ClO3. The Kier molecular flexibility index (Phi) is 3.71. The van der Waals surface area contributed by atoms with E-state index in [-0.39, 0.29) is 11.9 Å². The summed E-state index contributed by atoms with van der Waals surface area (Å²) in [6.07, 6.45) is 1.01. The molecule has 1 atom stereocenters. The first kappa shape index (κ1) is 13.1. The lowest BCUT2D eigenvalue weighted by Gasteiger charge is -2.23. The summed E-state index contributed by atoms with van der Waals surface area (Å²) in [5.74, 6) is -1.29. The van der Waals surface area contributed by atoms with Crippen LogP contribution in [0.5, 0.6) is 0 Å². The fourth-order valence-corrected chi connectivity index (χ4v) is 2.33. The average molecular weight is 267 g/mol. The lowest BCUT2D eigenvalue weighted by atomic mass is 9.83. The lowest BCUT2D eigenvalue weighted by Crippen LogP contribution is -2.32. The van der Waals surface area contributed by atoms with Gasteiger partial charge < -0.3 is 4.74 Å². The van der Waals surface area contributed by atoms with Crippen molar-refractivity contribution in [3.05, 3.63) is 34.3 Å². The van der Waals surface area contributed by atoms with Gasteiger partial charge in [0.25, 0.3) is 0 Å². The molecule has 0 fully saturated rings. The number of esters is 1. The summed E-state index contributed by atoms with van der Waals surface area (Å²) >= 11 is 5.89. The number of aryl methyl sites for hydroxylation is 1. The first-order chi connectivity index (χ1) is 8.49. The summed E-state index contributed by atoms with van der Waals surface area (Å²) in [6.45, 7) is 3.55. The predicted octanol–water partition coefficient (Wildman–Crippen LogP) is 3.04. The highest BCUT2D eigenvalue weighted by molar-refractivity contribution is 6.31. The molecular weight excluding hydrogens is 252 g/mol. The zero-order valence-corrected chi connectivity index (χ0v) is 11.2. The second kappa shape index (κ2) is 5.11. The molecule has 0 radical (unpaired) electrons. The van der Waals surface area contributed by atoms with E-state index in [4.69, 9.17) is 16.3 Å². The molecule has 0 heterocycles. The molecule has 4 heteroatoms. The van der Waals surface area contributed by atoms with E-state index in [0.717, 1.165) is 5.56 Å². The van der Waals surface area contributed by atoms with Gasteiger partial charge in [-0.05, 0) is 44.4 Å². The van der Waals surface area contributed by atoms with E-state index in [9.17, 15) is 9.59 Å². The molecule has 1 aromatic rings. The predicted molar refractivity (Wildman–Crippen MR) is 68.8 cm³/mol. The molecule has 3 nitrogen and oxygen atoms in total. The summed E-state index contributed by atoms with van der Waals surface area (Å²) in [7, 11) is 0. The van der Waals surface area contributed by atoms with Gasteiger partial charge in [-0.3, -0.25) is 9.59 Å². The van der Waals surface area contributed by atoms with E-state index in [1.807, 2.05) is 6.07 Å². The van der Waals surface area contributed by atoms with Gasteiger partial charge in [-0.1, -0.05) is 17.7 Å². The summed E-state index contributed by atoms with van der Waals surface area (Å²) in [4.78, 5) is 24.1. The summed E-state index contributed by atoms with van der Waals surface area (Å²) in [5, 5.41) is 0.514. The van der Waals surface area contributed by atoms with E-state index >= 15 is 0 Å². The van der Waals surface area contributed by atoms with Crippen molar-refractivity contribution in [3.8, 4) is 0 Å². The van der Waals surface area contributed by atoms with Gasteiger partial charge in [0.1, 0.15) is 5.92 Å². The number of halogens is 1. The van der Waals surface area contributed by atoms with Gasteiger partial charge in [-0.2, -0.15) is 0 Å². The fourth-order valence-electron chi connectivity index (χ4n) is 2.15. The first-order valence-corrected chi connectivity index (χ1v) is 6.40. The van der Waals surface area contributed by atoms with Crippen LogP contribution >= 0.6 is 11.6 Å². The molecule has 0 spiro atoms. The van der Waals surface area contributed by atoms with Gasteiger partial charge >= 0.3 is 5.97 Å². The van der Waals surface area contributed by atoms with Gasteiger partial charge in [0.2, 0.25) is 0 Å². The molecule has 0 aromatic heterocycles. The van der Waals surface area contributed by atoms with Crippen LogP contribution in [0.25, 0.3) is 0 Å². The van der Waals surface area contributed by atoms with Crippen molar-refractivity contribution in [2.24, 2.45) is 5.92 Å². The smallest absolute Gasteiger partial charge is 0.317 e. The van der Waals surface area contributed by atoms with E-state index in [0.29, 0.717) is 23.4 Å². The van der Waals surface area contributed by atoms with Crippen molar-refractivity contribution in [1.29, 1.82) is 0 Å². The summed E-state index contributed by atoms with van der Waals surface area (Å²) < 4.78 is 5.11. The van der Waals surface area contributed by atoms with E-state index in [1.54, 1.807) is 26.0 Å². The molecule has 2 rings (SSSR count).